The second-order valence-corrected chi connectivity index (χ2v) is 6.63. The zero-order chi connectivity index (χ0) is 17.5. The van der Waals surface area contributed by atoms with Crippen LogP contribution in [0, 0.1) is 5.92 Å². The van der Waals surface area contributed by atoms with E-state index in [1.807, 2.05) is 25.1 Å². The van der Waals surface area contributed by atoms with Crippen LogP contribution in [0.5, 0.6) is 11.5 Å². The maximum Gasteiger partial charge on any atom is 0.187 e. The molecule has 2 N–H and O–H groups in total. The molecule has 1 aromatic carbocycles. The van der Waals surface area contributed by atoms with Gasteiger partial charge in [-0.2, -0.15) is 5.10 Å². The first kappa shape index (κ1) is 18.5. The van der Waals surface area contributed by atoms with E-state index < -0.39 is 0 Å². The van der Waals surface area contributed by atoms with Gasteiger partial charge in [0.25, 0.3) is 0 Å². The maximum atomic E-state index is 5.37. The van der Waals surface area contributed by atoms with E-state index in [1.54, 1.807) is 14.2 Å². The molecule has 1 aromatic rings. The van der Waals surface area contributed by atoms with Crippen molar-refractivity contribution in [1.82, 2.24) is 10.7 Å². The van der Waals surface area contributed by atoms with Crippen LogP contribution < -0.4 is 20.2 Å². The SMILES string of the molecule is COc1ccc(/C(C)=N\NC(=S)N[C@@H]2CCCC[C@H]2C)cc1OC. The van der Waals surface area contributed by atoms with E-state index in [2.05, 4.69) is 22.8 Å². The Labute approximate surface area is 149 Å². The van der Waals surface area contributed by atoms with Gasteiger partial charge < -0.3 is 14.8 Å². The highest BCUT2D eigenvalue weighted by atomic mass is 32.1. The molecule has 5 nitrogen and oxygen atoms in total. The molecule has 2 atom stereocenters. The summed E-state index contributed by atoms with van der Waals surface area (Å²) in [6.07, 6.45) is 5.00. The van der Waals surface area contributed by atoms with E-state index in [1.165, 1.54) is 25.7 Å². The Balaban J connectivity index is 1.96. The lowest BCUT2D eigenvalue weighted by molar-refractivity contribution is 0.308. The van der Waals surface area contributed by atoms with E-state index in [4.69, 9.17) is 21.7 Å². The molecule has 0 aromatic heterocycles. The van der Waals surface area contributed by atoms with Gasteiger partial charge in [0, 0.05) is 11.6 Å². The standard InChI is InChI=1S/C18H27N3O2S/c1-12-7-5-6-8-15(12)19-18(24)21-20-13(2)14-9-10-16(22-3)17(11-14)23-4/h9-12,15H,5-8H2,1-4H3,(H2,19,21,24)/b20-13-/t12-,15-/m1/s1. The first-order valence-corrected chi connectivity index (χ1v) is 8.79. The van der Waals surface area contributed by atoms with Gasteiger partial charge in [0.1, 0.15) is 0 Å². The predicted octanol–water partition coefficient (Wildman–Crippen LogP) is 3.47. The third-order valence-corrected chi connectivity index (χ3v) is 4.76. The number of nitrogens with zero attached hydrogens (tertiary/aromatic N) is 1. The van der Waals surface area contributed by atoms with Gasteiger partial charge in [0.2, 0.25) is 0 Å². The van der Waals surface area contributed by atoms with Crippen LogP contribution in [0.25, 0.3) is 0 Å². The van der Waals surface area contributed by atoms with Crippen LogP contribution in [0.15, 0.2) is 23.3 Å². The highest BCUT2D eigenvalue weighted by molar-refractivity contribution is 7.80. The third-order valence-electron chi connectivity index (χ3n) is 4.55. The van der Waals surface area contributed by atoms with Crippen molar-refractivity contribution in [3.63, 3.8) is 0 Å². The molecule has 0 spiro atoms. The fourth-order valence-electron chi connectivity index (χ4n) is 2.99. The number of nitrogens with one attached hydrogen (secondary N) is 2. The van der Waals surface area contributed by atoms with Gasteiger partial charge in [0.05, 0.1) is 19.9 Å². The van der Waals surface area contributed by atoms with Gasteiger partial charge in [-0.25, -0.2) is 0 Å². The Kier molecular flexibility index (Phi) is 6.85. The summed E-state index contributed by atoms with van der Waals surface area (Å²) in [4.78, 5) is 0. The zero-order valence-corrected chi connectivity index (χ0v) is 15.7. The quantitative estimate of drug-likeness (QED) is 0.484. The largest absolute Gasteiger partial charge is 0.493 e. The zero-order valence-electron chi connectivity index (χ0n) is 14.9. The molecule has 0 amide bonds. The average Bonchev–Trinajstić information content (AvgIpc) is 2.61. The van der Waals surface area contributed by atoms with Crippen LogP contribution in [0.3, 0.4) is 0 Å². The van der Waals surface area contributed by atoms with Crippen molar-refractivity contribution in [2.75, 3.05) is 14.2 Å². The average molecular weight is 350 g/mol. The highest BCUT2D eigenvalue weighted by Crippen LogP contribution is 2.27. The molecule has 24 heavy (non-hydrogen) atoms. The summed E-state index contributed by atoms with van der Waals surface area (Å²) < 4.78 is 10.6. The van der Waals surface area contributed by atoms with Crippen LogP contribution >= 0.6 is 12.2 Å². The predicted molar refractivity (Wildman–Crippen MR) is 102 cm³/mol. The summed E-state index contributed by atoms with van der Waals surface area (Å²) in [5, 5.41) is 8.34. The van der Waals surface area contributed by atoms with Crippen LogP contribution in [0.2, 0.25) is 0 Å². The van der Waals surface area contributed by atoms with E-state index in [0.29, 0.717) is 28.6 Å². The Morgan fingerprint density at radius 1 is 1.17 bits per heavy atom. The molecule has 1 aliphatic rings. The minimum Gasteiger partial charge on any atom is -0.493 e. The molecule has 2 rings (SSSR count). The smallest absolute Gasteiger partial charge is 0.187 e. The van der Waals surface area contributed by atoms with E-state index in [0.717, 1.165) is 11.3 Å². The second-order valence-electron chi connectivity index (χ2n) is 6.22. The lowest BCUT2D eigenvalue weighted by Gasteiger charge is -2.30. The lowest BCUT2D eigenvalue weighted by atomic mass is 9.86. The van der Waals surface area contributed by atoms with Gasteiger partial charge in [-0.1, -0.05) is 19.8 Å². The molecule has 0 aliphatic heterocycles. The number of hydrogen-bond acceptors (Lipinski definition) is 4. The van der Waals surface area contributed by atoms with Crippen molar-refractivity contribution in [1.29, 1.82) is 0 Å². The summed E-state index contributed by atoms with van der Waals surface area (Å²) in [7, 11) is 3.24. The van der Waals surface area contributed by atoms with Crippen molar-refractivity contribution in [3.8, 4) is 11.5 Å². The minimum atomic E-state index is 0.440. The number of methoxy groups -OCH3 is 2. The van der Waals surface area contributed by atoms with Crippen molar-refractivity contribution in [3.05, 3.63) is 23.8 Å². The van der Waals surface area contributed by atoms with Gasteiger partial charge in [-0.3, -0.25) is 5.43 Å². The number of hydrogen-bond donors (Lipinski definition) is 2. The van der Waals surface area contributed by atoms with Gasteiger partial charge in [-0.05, 0) is 56.1 Å². The highest BCUT2D eigenvalue weighted by Gasteiger charge is 2.21. The first-order chi connectivity index (χ1) is 11.5. The molecule has 0 bridgehead atoms. The van der Waals surface area contributed by atoms with Crippen molar-refractivity contribution in [2.45, 2.75) is 45.6 Å². The van der Waals surface area contributed by atoms with Crippen LogP contribution in [-0.4, -0.2) is 31.1 Å². The molecule has 0 saturated heterocycles. The van der Waals surface area contributed by atoms with E-state index >= 15 is 0 Å². The Morgan fingerprint density at radius 2 is 1.88 bits per heavy atom. The molecule has 0 unspecified atom stereocenters. The summed E-state index contributed by atoms with van der Waals surface area (Å²) in [5.74, 6) is 2.03. The van der Waals surface area contributed by atoms with Crippen LogP contribution in [0.1, 0.15) is 45.1 Å². The van der Waals surface area contributed by atoms with Gasteiger partial charge in [-0.15, -0.1) is 0 Å². The topological polar surface area (TPSA) is 54.9 Å². The minimum absolute atomic E-state index is 0.440. The third kappa shape index (κ3) is 4.84. The van der Waals surface area contributed by atoms with Crippen LogP contribution in [-0.2, 0) is 0 Å². The Morgan fingerprint density at radius 3 is 2.54 bits per heavy atom. The molecule has 1 saturated carbocycles. The summed E-state index contributed by atoms with van der Waals surface area (Å²) in [5.41, 5.74) is 4.73. The second kappa shape index (κ2) is 8.87. The van der Waals surface area contributed by atoms with Gasteiger partial charge in [0.15, 0.2) is 16.6 Å². The summed E-state index contributed by atoms with van der Waals surface area (Å²) >= 11 is 5.37. The molecular formula is C18H27N3O2S. The maximum absolute atomic E-state index is 5.37. The first-order valence-electron chi connectivity index (χ1n) is 8.38. The fraction of sp³-hybridized carbons (Fsp3) is 0.556. The lowest BCUT2D eigenvalue weighted by Crippen LogP contribution is -2.44. The molecule has 1 fully saturated rings. The van der Waals surface area contributed by atoms with E-state index in [9.17, 15) is 0 Å². The molecule has 132 valence electrons. The summed E-state index contributed by atoms with van der Waals surface area (Å²) in [6, 6.07) is 6.16. The van der Waals surface area contributed by atoms with Crippen LogP contribution in [0.4, 0.5) is 0 Å². The van der Waals surface area contributed by atoms with Crippen molar-refractivity contribution in [2.24, 2.45) is 11.0 Å². The summed E-state index contributed by atoms with van der Waals surface area (Å²) in [6.45, 7) is 4.21. The molecule has 0 heterocycles. The van der Waals surface area contributed by atoms with Gasteiger partial charge >= 0.3 is 0 Å². The fourth-order valence-corrected chi connectivity index (χ4v) is 3.19. The molecule has 1 aliphatic carbocycles. The van der Waals surface area contributed by atoms with Crippen molar-refractivity contribution >= 4 is 23.0 Å². The number of rotatable bonds is 5. The monoisotopic (exact) mass is 349 g/mol. The number of hydrazone groups is 1. The number of benzene rings is 1. The molecular weight excluding hydrogens is 322 g/mol. The van der Waals surface area contributed by atoms with E-state index in [-0.39, 0.29) is 0 Å². The number of thiocarbonyl (C=S) groups is 1. The molecule has 0 radical (unpaired) electrons. The Hall–Kier alpha value is -1.82. The normalized spacial score (nSPS) is 21.1. The molecule has 6 heteroatoms. The number of ether oxygens (including phenoxy) is 2. The Bertz CT molecular complexity index is 604. The van der Waals surface area contributed by atoms with Crippen molar-refractivity contribution < 1.29 is 9.47 Å².